The molecule has 0 aromatic heterocycles. The number of carboxylic acid groups (broad SMARTS) is 1. The molecule has 7 unspecified atom stereocenters. The topological polar surface area (TPSA) is 186 Å². The van der Waals surface area contributed by atoms with Crippen LogP contribution in [0.5, 0.6) is 0 Å². The molecule has 48 heavy (non-hydrogen) atoms. The number of hydrogen-bond acceptors (Lipinski definition) is 7. The third-order valence-corrected chi connectivity index (χ3v) is 9.30. The van der Waals surface area contributed by atoms with Crippen molar-refractivity contribution in [3.05, 3.63) is 83.9 Å². The van der Waals surface area contributed by atoms with Crippen LogP contribution in [-0.2, 0) is 32.1 Å². The van der Waals surface area contributed by atoms with Gasteiger partial charge in [0.15, 0.2) is 0 Å². The number of aliphatic hydroxyl groups is 1. The van der Waals surface area contributed by atoms with E-state index in [1.54, 1.807) is 20.8 Å². The van der Waals surface area contributed by atoms with E-state index in [9.17, 15) is 34.2 Å². The second kappa shape index (κ2) is 13.7. The average molecular weight is 662 g/mol. The van der Waals surface area contributed by atoms with Crippen molar-refractivity contribution < 1.29 is 38.9 Å². The molecule has 2 aromatic rings. The summed E-state index contributed by atoms with van der Waals surface area (Å²) in [6.07, 6.45) is -0.590. The second-order valence-corrected chi connectivity index (χ2v) is 13.8. The van der Waals surface area contributed by atoms with Gasteiger partial charge in [-0.05, 0) is 28.5 Å². The molecule has 5 rings (SSSR count). The van der Waals surface area contributed by atoms with Crippen LogP contribution in [0, 0.1) is 11.3 Å². The zero-order chi connectivity index (χ0) is 34.8. The number of carbonyl (C=O) groups is 5. The Hall–Kier alpha value is -4.91. The lowest BCUT2D eigenvalue weighted by molar-refractivity contribution is -0.144. The maximum Gasteiger partial charge on any atom is 0.407 e. The number of aliphatic carboxylic acids is 1. The molecule has 5 amide bonds. The number of hydrogen-bond donors (Lipinski definition) is 6. The van der Waals surface area contributed by atoms with E-state index in [1.165, 1.54) is 6.08 Å². The van der Waals surface area contributed by atoms with Gasteiger partial charge in [-0.1, -0.05) is 81.4 Å². The van der Waals surface area contributed by atoms with Crippen molar-refractivity contribution in [3.63, 3.8) is 0 Å². The number of carboxylic acids is 1. The van der Waals surface area contributed by atoms with Crippen molar-refractivity contribution in [2.24, 2.45) is 11.3 Å². The van der Waals surface area contributed by atoms with Crippen molar-refractivity contribution in [1.29, 1.82) is 0 Å². The van der Waals surface area contributed by atoms with Gasteiger partial charge >= 0.3 is 18.1 Å². The zero-order valence-electron chi connectivity index (χ0n) is 27.3. The van der Waals surface area contributed by atoms with Crippen molar-refractivity contribution in [3.8, 4) is 0 Å². The highest BCUT2D eigenvalue weighted by atomic mass is 16.6. The first-order valence-electron chi connectivity index (χ1n) is 16.0. The molecule has 2 fully saturated rings. The third kappa shape index (κ3) is 7.30. The molecule has 1 saturated carbocycles. The number of urea groups is 1. The van der Waals surface area contributed by atoms with Crippen LogP contribution in [0.2, 0.25) is 0 Å². The molecule has 2 aliphatic carbocycles. The monoisotopic (exact) mass is 661 g/mol. The number of benzene rings is 2. The Kier molecular flexibility index (Phi) is 9.81. The predicted molar refractivity (Wildman–Crippen MR) is 174 cm³/mol. The van der Waals surface area contributed by atoms with Gasteiger partial charge in [-0.3, -0.25) is 9.59 Å². The highest BCUT2D eigenvalue weighted by Crippen LogP contribution is 2.45. The number of aliphatic hydroxyl groups excluding tert-OH is 1. The first-order valence-corrected chi connectivity index (χ1v) is 16.0. The van der Waals surface area contributed by atoms with Gasteiger partial charge in [0.2, 0.25) is 11.8 Å². The minimum Gasteiger partial charge on any atom is -0.479 e. The largest absolute Gasteiger partial charge is 0.479 e. The summed E-state index contributed by atoms with van der Waals surface area (Å²) in [5.41, 5.74) is 0.222. The van der Waals surface area contributed by atoms with E-state index < -0.39 is 77.1 Å². The number of rotatable bonds is 10. The first kappa shape index (κ1) is 34.4. The van der Waals surface area contributed by atoms with Crippen LogP contribution < -0.4 is 21.3 Å². The van der Waals surface area contributed by atoms with Crippen LogP contribution >= 0.6 is 0 Å². The van der Waals surface area contributed by atoms with E-state index in [0.717, 1.165) is 21.6 Å². The van der Waals surface area contributed by atoms with Gasteiger partial charge in [-0.2, -0.15) is 0 Å². The fourth-order valence-corrected chi connectivity index (χ4v) is 6.50. The molecule has 13 heteroatoms. The summed E-state index contributed by atoms with van der Waals surface area (Å²) in [7, 11) is 0. The molecule has 1 saturated heterocycles. The molecular weight excluding hydrogens is 618 g/mol. The summed E-state index contributed by atoms with van der Waals surface area (Å²) >= 11 is 0. The minimum atomic E-state index is -1.54. The van der Waals surface area contributed by atoms with Gasteiger partial charge in [-0.25, -0.2) is 14.4 Å². The van der Waals surface area contributed by atoms with Crippen LogP contribution in [0.25, 0.3) is 0 Å². The number of fused-ring (bicyclic) bond motifs is 1. The fraction of sp³-hybridized carbons (Fsp3) is 0.457. The molecular formula is C35H43N5O8. The van der Waals surface area contributed by atoms with E-state index >= 15 is 0 Å². The molecule has 0 spiro atoms. The van der Waals surface area contributed by atoms with E-state index in [0.29, 0.717) is 6.42 Å². The maximum absolute atomic E-state index is 13.9. The van der Waals surface area contributed by atoms with Crippen molar-refractivity contribution >= 4 is 29.9 Å². The summed E-state index contributed by atoms with van der Waals surface area (Å²) in [5.74, 6) is -2.96. The van der Waals surface area contributed by atoms with Crippen LogP contribution in [0.4, 0.5) is 9.59 Å². The zero-order valence-corrected chi connectivity index (χ0v) is 27.3. The van der Waals surface area contributed by atoms with Crippen molar-refractivity contribution in [1.82, 2.24) is 26.2 Å². The Morgan fingerprint density at radius 3 is 2.42 bits per heavy atom. The van der Waals surface area contributed by atoms with Crippen LogP contribution in [0.3, 0.4) is 0 Å². The Morgan fingerprint density at radius 2 is 1.77 bits per heavy atom. The predicted octanol–water partition coefficient (Wildman–Crippen LogP) is 2.40. The lowest BCUT2D eigenvalue weighted by Gasteiger charge is -2.34. The molecule has 0 radical (unpaired) electrons. The van der Waals surface area contributed by atoms with E-state index in [2.05, 4.69) is 27.8 Å². The molecule has 13 nitrogen and oxygen atoms in total. The van der Waals surface area contributed by atoms with E-state index in [4.69, 9.17) is 4.74 Å². The van der Waals surface area contributed by atoms with Crippen LogP contribution in [0.15, 0.2) is 67.3 Å². The Balaban J connectivity index is 1.31. The van der Waals surface area contributed by atoms with E-state index in [1.807, 2.05) is 54.6 Å². The number of likely N-dealkylation sites (tertiary alicyclic amines) is 1. The van der Waals surface area contributed by atoms with Gasteiger partial charge in [0.25, 0.3) is 0 Å². The Labute approximate surface area is 279 Å². The maximum atomic E-state index is 13.9. The lowest BCUT2D eigenvalue weighted by Crippen LogP contribution is -2.60. The standard InChI is InChI=1S/C35H43N5O8/c1-5-22-17-35(22,31(44)45)39-29(42)25-16-23(48-33(47)36-18-20-11-7-6-8-12-20)19-40(25)32(46)38-28(34(2,3)4)30(43)37-27-24-14-10-9-13-21(24)15-26(27)41/h5-14,22-23,25-28,41H,1,15-19H2,2-4H3,(H,36,47)(H,37,43)(H,38,46)(H,39,42)(H,44,45). The van der Waals surface area contributed by atoms with Gasteiger partial charge in [0, 0.05) is 25.3 Å². The molecule has 3 aliphatic rings. The summed E-state index contributed by atoms with van der Waals surface area (Å²) < 4.78 is 5.59. The van der Waals surface area contributed by atoms with Gasteiger partial charge in [0.05, 0.1) is 18.7 Å². The summed E-state index contributed by atoms with van der Waals surface area (Å²) in [6, 6.07) is 12.9. The van der Waals surface area contributed by atoms with Gasteiger partial charge < -0.3 is 41.1 Å². The lowest BCUT2D eigenvalue weighted by atomic mass is 9.86. The smallest absolute Gasteiger partial charge is 0.407 e. The second-order valence-electron chi connectivity index (χ2n) is 13.8. The van der Waals surface area contributed by atoms with Crippen LogP contribution in [-0.4, -0.2) is 81.4 Å². The quantitative estimate of drug-likeness (QED) is 0.210. The molecule has 256 valence electrons. The number of carbonyl (C=O) groups excluding carboxylic acids is 4. The summed E-state index contributed by atoms with van der Waals surface area (Å²) in [5, 5.41) is 31.5. The number of nitrogens with zero attached hydrogens (tertiary/aromatic N) is 1. The Morgan fingerprint density at radius 1 is 1.08 bits per heavy atom. The summed E-state index contributed by atoms with van der Waals surface area (Å²) in [6.45, 7) is 8.98. The molecule has 1 aliphatic heterocycles. The molecule has 0 bridgehead atoms. The summed E-state index contributed by atoms with van der Waals surface area (Å²) in [4.78, 5) is 67.2. The minimum absolute atomic E-state index is 0.0934. The van der Waals surface area contributed by atoms with Crippen molar-refractivity contribution in [2.45, 2.75) is 82.5 Å². The highest BCUT2D eigenvalue weighted by Gasteiger charge is 2.61. The highest BCUT2D eigenvalue weighted by molar-refractivity contribution is 5.95. The molecule has 2 aromatic carbocycles. The number of nitrogens with one attached hydrogen (secondary N) is 4. The average Bonchev–Trinajstić information content (AvgIpc) is 3.45. The molecule has 7 atom stereocenters. The molecule has 6 N–H and O–H groups in total. The number of ether oxygens (including phenoxy) is 1. The first-order chi connectivity index (χ1) is 22.7. The third-order valence-electron chi connectivity index (χ3n) is 9.30. The SMILES string of the molecule is C=CC1CC1(NC(=O)C1CC(OC(=O)NCc2ccccc2)CN1C(=O)NC(C(=O)NC1c2ccccc2CC1O)C(C)(C)C)C(=O)O. The van der Waals surface area contributed by atoms with Gasteiger partial charge in [-0.15, -0.1) is 6.58 Å². The fourth-order valence-electron chi connectivity index (χ4n) is 6.50. The van der Waals surface area contributed by atoms with Crippen molar-refractivity contribution in [2.75, 3.05) is 6.54 Å². The van der Waals surface area contributed by atoms with E-state index in [-0.39, 0.29) is 25.9 Å². The van der Waals surface area contributed by atoms with Crippen LogP contribution in [0.1, 0.15) is 56.3 Å². The number of amides is 5. The van der Waals surface area contributed by atoms with Gasteiger partial charge in [0.1, 0.15) is 23.7 Å². The Bertz CT molecular complexity index is 1580. The number of alkyl carbamates (subject to hydrolysis) is 1. The normalized spacial score (nSPS) is 26.4. The molecule has 1 heterocycles.